The second-order valence-corrected chi connectivity index (χ2v) is 4.96. The normalized spacial score (nSPS) is 22.7. The van der Waals surface area contributed by atoms with Crippen molar-refractivity contribution in [2.45, 2.75) is 50.9 Å². The Kier molecular flexibility index (Phi) is 6.38. The molecule has 3 nitrogen and oxygen atoms in total. The van der Waals surface area contributed by atoms with Crippen molar-refractivity contribution in [2.75, 3.05) is 26.2 Å². The van der Waals surface area contributed by atoms with E-state index in [4.69, 9.17) is 5.11 Å². The largest absolute Gasteiger partial charge is 0.415 e. The molecule has 1 saturated heterocycles. The highest BCUT2D eigenvalue weighted by molar-refractivity contribution is 4.80. The highest BCUT2D eigenvalue weighted by Crippen LogP contribution is 2.21. The molecule has 0 spiro atoms. The molecule has 0 aromatic carbocycles. The SMILES string of the molecule is CCCCN(CC1CCCN1)CC(O)C(F)(F)F. The molecule has 6 heteroatoms. The van der Waals surface area contributed by atoms with Crippen molar-refractivity contribution in [3.8, 4) is 0 Å². The topological polar surface area (TPSA) is 35.5 Å². The van der Waals surface area contributed by atoms with Crippen molar-refractivity contribution < 1.29 is 18.3 Å². The van der Waals surface area contributed by atoms with Crippen molar-refractivity contribution in [1.82, 2.24) is 10.2 Å². The van der Waals surface area contributed by atoms with Crippen LogP contribution in [0.5, 0.6) is 0 Å². The Morgan fingerprint density at radius 1 is 1.44 bits per heavy atom. The molecule has 108 valence electrons. The summed E-state index contributed by atoms with van der Waals surface area (Å²) in [5, 5.41) is 12.4. The molecule has 0 radical (unpaired) electrons. The van der Waals surface area contributed by atoms with Crippen LogP contribution in [-0.4, -0.2) is 54.5 Å². The molecule has 1 fully saturated rings. The van der Waals surface area contributed by atoms with Gasteiger partial charge in [0.15, 0.2) is 6.10 Å². The van der Waals surface area contributed by atoms with Gasteiger partial charge < -0.3 is 10.4 Å². The second-order valence-electron chi connectivity index (χ2n) is 4.96. The summed E-state index contributed by atoms with van der Waals surface area (Å²) in [6, 6.07) is 0.266. The first-order valence-corrected chi connectivity index (χ1v) is 6.64. The lowest BCUT2D eigenvalue weighted by molar-refractivity contribution is -0.208. The minimum Gasteiger partial charge on any atom is -0.382 e. The van der Waals surface area contributed by atoms with Gasteiger partial charge in [-0.3, -0.25) is 4.90 Å². The number of alkyl halides is 3. The molecule has 2 N–H and O–H groups in total. The Hall–Kier alpha value is -0.330. The number of aliphatic hydroxyl groups is 1. The Morgan fingerprint density at radius 2 is 2.17 bits per heavy atom. The zero-order valence-electron chi connectivity index (χ0n) is 10.8. The quantitative estimate of drug-likeness (QED) is 0.738. The Balaban J connectivity index is 2.43. The molecular formula is C12H23F3N2O. The molecule has 2 unspecified atom stereocenters. The van der Waals surface area contributed by atoms with Crippen LogP contribution in [-0.2, 0) is 0 Å². The van der Waals surface area contributed by atoms with Crippen LogP contribution in [0.2, 0.25) is 0 Å². The van der Waals surface area contributed by atoms with E-state index >= 15 is 0 Å². The summed E-state index contributed by atoms with van der Waals surface area (Å²) >= 11 is 0. The maximum atomic E-state index is 12.4. The third-order valence-corrected chi connectivity index (χ3v) is 3.28. The fourth-order valence-electron chi connectivity index (χ4n) is 2.21. The van der Waals surface area contributed by atoms with Gasteiger partial charge in [-0.25, -0.2) is 0 Å². The van der Waals surface area contributed by atoms with Crippen LogP contribution >= 0.6 is 0 Å². The van der Waals surface area contributed by atoms with E-state index in [-0.39, 0.29) is 12.6 Å². The van der Waals surface area contributed by atoms with Gasteiger partial charge in [0.2, 0.25) is 0 Å². The molecule has 1 heterocycles. The number of nitrogens with one attached hydrogen (secondary N) is 1. The van der Waals surface area contributed by atoms with Gasteiger partial charge in [-0.1, -0.05) is 13.3 Å². The molecule has 0 aromatic rings. The molecule has 1 aliphatic heterocycles. The number of halogens is 3. The van der Waals surface area contributed by atoms with Crippen LogP contribution in [0, 0.1) is 0 Å². The average molecular weight is 268 g/mol. The van der Waals surface area contributed by atoms with Crippen LogP contribution in [0.25, 0.3) is 0 Å². The van der Waals surface area contributed by atoms with Crippen molar-refractivity contribution in [1.29, 1.82) is 0 Å². The molecule has 0 saturated carbocycles. The van der Waals surface area contributed by atoms with Crippen LogP contribution in [0.1, 0.15) is 32.6 Å². The van der Waals surface area contributed by atoms with Gasteiger partial charge in [-0.2, -0.15) is 13.2 Å². The van der Waals surface area contributed by atoms with Crippen molar-refractivity contribution in [2.24, 2.45) is 0 Å². The third-order valence-electron chi connectivity index (χ3n) is 3.28. The van der Waals surface area contributed by atoms with E-state index in [0.717, 1.165) is 32.2 Å². The summed E-state index contributed by atoms with van der Waals surface area (Å²) in [5.74, 6) is 0. The van der Waals surface area contributed by atoms with E-state index < -0.39 is 12.3 Å². The molecule has 1 rings (SSSR count). The summed E-state index contributed by atoms with van der Waals surface area (Å²) in [5.41, 5.74) is 0. The zero-order valence-corrected chi connectivity index (χ0v) is 10.8. The number of unbranched alkanes of at least 4 members (excludes halogenated alkanes) is 1. The molecule has 0 aromatic heterocycles. The highest BCUT2D eigenvalue weighted by Gasteiger charge is 2.39. The van der Waals surface area contributed by atoms with Gasteiger partial charge in [0, 0.05) is 19.1 Å². The van der Waals surface area contributed by atoms with E-state index in [9.17, 15) is 13.2 Å². The minimum atomic E-state index is -4.52. The molecule has 2 atom stereocenters. The fraction of sp³-hybridized carbons (Fsp3) is 1.00. The average Bonchev–Trinajstić information content (AvgIpc) is 2.77. The fourth-order valence-corrected chi connectivity index (χ4v) is 2.21. The first-order valence-electron chi connectivity index (χ1n) is 6.64. The first kappa shape index (κ1) is 15.7. The van der Waals surface area contributed by atoms with Gasteiger partial charge in [0.25, 0.3) is 0 Å². The van der Waals surface area contributed by atoms with Gasteiger partial charge in [0.1, 0.15) is 0 Å². The summed E-state index contributed by atoms with van der Waals surface area (Å²) < 4.78 is 37.1. The Labute approximate surface area is 106 Å². The molecule has 1 aliphatic rings. The first-order chi connectivity index (χ1) is 8.43. The number of hydrogen-bond donors (Lipinski definition) is 2. The third kappa shape index (κ3) is 5.54. The number of rotatable bonds is 7. The summed E-state index contributed by atoms with van der Waals surface area (Å²) in [6.45, 7) is 3.83. The zero-order chi connectivity index (χ0) is 13.6. The maximum Gasteiger partial charge on any atom is 0.415 e. The highest BCUT2D eigenvalue weighted by atomic mass is 19.4. The van der Waals surface area contributed by atoms with Gasteiger partial charge in [-0.05, 0) is 32.4 Å². The lowest BCUT2D eigenvalue weighted by atomic mass is 10.2. The summed E-state index contributed by atoms with van der Waals surface area (Å²) in [6.07, 6.45) is -2.88. The predicted octanol–water partition coefficient (Wildman–Crippen LogP) is 1.76. The van der Waals surface area contributed by atoms with Gasteiger partial charge in [-0.15, -0.1) is 0 Å². The minimum absolute atomic E-state index is 0.266. The number of aliphatic hydroxyl groups excluding tert-OH is 1. The lowest BCUT2D eigenvalue weighted by Gasteiger charge is -2.28. The van der Waals surface area contributed by atoms with Gasteiger partial charge >= 0.3 is 6.18 Å². The summed E-state index contributed by atoms with van der Waals surface area (Å²) in [4.78, 5) is 1.73. The molecule has 0 bridgehead atoms. The molecule has 0 amide bonds. The van der Waals surface area contributed by atoms with Gasteiger partial charge in [0.05, 0.1) is 0 Å². The Morgan fingerprint density at radius 3 is 2.67 bits per heavy atom. The number of nitrogens with zero attached hydrogens (tertiary/aromatic N) is 1. The number of hydrogen-bond acceptors (Lipinski definition) is 3. The van der Waals surface area contributed by atoms with Crippen molar-refractivity contribution >= 4 is 0 Å². The predicted molar refractivity (Wildman–Crippen MR) is 64.4 cm³/mol. The molecule has 18 heavy (non-hydrogen) atoms. The van der Waals surface area contributed by atoms with Crippen LogP contribution in [0.3, 0.4) is 0 Å². The van der Waals surface area contributed by atoms with Crippen LogP contribution in [0.4, 0.5) is 13.2 Å². The van der Waals surface area contributed by atoms with E-state index in [1.165, 1.54) is 0 Å². The molecule has 0 aliphatic carbocycles. The van der Waals surface area contributed by atoms with Crippen molar-refractivity contribution in [3.63, 3.8) is 0 Å². The smallest absolute Gasteiger partial charge is 0.382 e. The summed E-state index contributed by atoms with van der Waals surface area (Å²) in [7, 11) is 0. The Bertz CT molecular complexity index is 230. The standard InChI is InChI=1S/C12H23F3N2O/c1-2-3-7-17(8-10-5-4-6-16-10)9-11(18)12(13,14)15/h10-11,16,18H,2-9H2,1H3. The van der Waals surface area contributed by atoms with Crippen LogP contribution in [0.15, 0.2) is 0 Å². The second kappa shape index (κ2) is 7.31. The maximum absolute atomic E-state index is 12.4. The lowest BCUT2D eigenvalue weighted by Crippen LogP contribution is -2.45. The van der Waals surface area contributed by atoms with Crippen LogP contribution < -0.4 is 5.32 Å². The monoisotopic (exact) mass is 268 g/mol. The van der Waals surface area contributed by atoms with E-state index in [1.807, 2.05) is 6.92 Å². The van der Waals surface area contributed by atoms with E-state index in [0.29, 0.717) is 13.1 Å². The molecular weight excluding hydrogens is 245 g/mol. The van der Waals surface area contributed by atoms with Crippen molar-refractivity contribution in [3.05, 3.63) is 0 Å². The van der Waals surface area contributed by atoms with E-state index in [2.05, 4.69) is 5.32 Å². The van der Waals surface area contributed by atoms with E-state index in [1.54, 1.807) is 4.90 Å².